The van der Waals surface area contributed by atoms with Crippen LogP contribution in [0.4, 0.5) is 5.69 Å². The number of nitrogens with one attached hydrogen (secondary N) is 2. The lowest BCUT2D eigenvalue weighted by molar-refractivity contribution is -0.136. The van der Waals surface area contributed by atoms with E-state index < -0.39 is 17.8 Å². The van der Waals surface area contributed by atoms with E-state index in [4.69, 9.17) is 4.74 Å². The molecule has 0 fully saturated rings. The van der Waals surface area contributed by atoms with Crippen molar-refractivity contribution in [1.82, 2.24) is 5.43 Å². The third-order valence-corrected chi connectivity index (χ3v) is 4.66. The molecule has 0 aliphatic rings. The van der Waals surface area contributed by atoms with Crippen molar-refractivity contribution in [3.63, 3.8) is 0 Å². The lowest BCUT2D eigenvalue weighted by Gasteiger charge is -2.09. The number of aryl methyl sites for hydroxylation is 1. The molecule has 0 saturated heterocycles. The summed E-state index contributed by atoms with van der Waals surface area (Å²) in [4.78, 5) is 35.6. The van der Waals surface area contributed by atoms with Crippen LogP contribution < -0.4 is 15.5 Å². The van der Waals surface area contributed by atoms with Gasteiger partial charge in [-0.05, 0) is 48.4 Å². The van der Waals surface area contributed by atoms with Crippen LogP contribution in [-0.2, 0) is 20.9 Å². The molecule has 0 radical (unpaired) electrons. The number of hydrazone groups is 1. The maximum absolute atomic E-state index is 12.1. The summed E-state index contributed by atoms with van der Waals surface area (Å²) in [6, 6.07) is 21.1. The van der Waals surface area contributed by atoms with Gasteiger partial charge in [-0.1, -0.05) is 42.5 Å². The maximum atomic E-state index is 12.1. The highest BCUT2D eigenvalue weighted by atomic mass is 16.5. The SMILES string of the molecule is COC(=O)c1ccc(COc2ccccc2/C=N/NC(=O)C(=O)Nc2ccccc2C)cc1. The van der Waals surface area contributed by atoms with Gasteiger partial charge in [0.05, 0.1) is 18.9 Å². The largest absolute Gasteiger partial charge is 0.488 e. The second-order valence-corrected chi connectivity index (χ2v) is 6.98. The fourth-order valence-corrected chi connectivity index (χ4v) is 2.84. The molecule has 8 heteroatoms. The van der Waals surface area contributed by atoms with Crippen LogP contribution in [0, 0.1) is 6.92 Å². The summed E-state index contributed by atoms with van der Waals surface area (Å²) < 4.78 is 10.5. The summed E-state index contributed by atoms with van der Waals surface area (Å²) >= 11 is 0. The predicted molar refractivity (Wildman–Crippen MR) is 124 cm³/mol. The van der Waals surface area contributed by atoms with Gasteiger partial charge >= 0.3 is 17.8 Å². The molecule has 8 nitrogen and oxygen atoms in total. The topological polar surface area (TPSA) is 106 Å². The average molecular weight is 445 g/mol. The number of carbonyl (C=O) groups is 3. The van der Waals surface area contributed by atoms with Crippen molar-refractivity contribution in [2.45, 2.75) is 13.5 Å². The van der Waals surface area contributed by atoms with Crippen molar-refractivity contribution in [2.75, 3.05) is 12.4 Å². The van der Waals surface area contributed by atoms with Gasteiger partial charge in [-0.3, -0.25) is 9.59 Å². The van der Waals surface area contributed by atoms with E-state index in [1.54, 1.807) is 60.7 Å². The minimum Gasteiger partial charge on any atom is -0.488 e. The van der Waals surface area contributed by atoms with Crippen LogP contribution in [0.5, 0.6) is 5.75 Å². The average Bonchev–Trinajstić information content (AvgIpc) is 2.84. The first kappa shape index (κ1) is 23.2. The Balaban J connectivity index is 1.57. The third kappa shape index (κ3) is 6.51. The predicted octanol–water partition coefficient (Wildman–Crippen LogP) is 3.45. The van der Waals surface area contributed by atoms with Gasteiger partial charge in [0.15, 0.2) is 0 Å². The zero-order valence-corrected chi connectivity index (χ0v) is 18.2. The monoisotopic (exact) mass is 445 g/mol. The molecule has 2 amide bonds. The smallest absolute Gasteiger partial charge is 0.337 e. The Kier molecular flexibility index (Phi) is 7.91. The summed E-state index contributed by atoms with van der Waals surface area (Å²) in [5.41, 5.74) is 5.54. The van der Waals surface area contributed by atoms with E-state index in [0.717, 1.165) is 11.1 Å². The number of carbonyl (C=O) groups excluding carboxylic acids is 3. The Hall–Kier alpha value is -4.46. The molecular formula is C25H23N3O5. The first-order chi connectivity index (χ1) is 16.0. The van der Waals surface area contributed by atoms with Gasteiger partial charge in [-0.25, -0.2) is 10.2 Å². The van der Waals surface area contributed by atoms with Gasteiger partial charge in [0.1, 0.15) is 12.4 Å². The van der Waals surface area contributed by atoms with E-state index in [1.807, 2.05) is 19.1 Å². The third-order valence-electron chi connectivity index (χ3n) is 4.66. The number of methoxy groups -OCH3 is 1. The van der Waals surface area contributed by atoms with E-state index in [-0.39, 0.29) is 6.61 Å². The zero-order chi connectivity index (χ0) is 23.6. The van der Waals surface area contributed by atoms with Crippen molar-refractivity contribution in [3.05, 3.63) is 95.1 Å². The van der Waals surface area contributed by atoms with Crippen molar-refractivity contribution < 1.29 is 23.9 Å². The number of amides is 2. The van der Waals surface area contributed by atoms with Crippen molar-refractivity contribution in [1.29, 1.82) is 0 Å². The number of nitrogens with zero attached hydrogens (tertiary/aromatic N) is 1. The number of benzene rings is 3. The van der Waals surface area contributed by atoms with Crippen LogP contribution in [0.25, 0.3) is 0 Å². The van der Waals surface area contributed by atoms with Crippen LogP contribution in [-0.4, -0.2) is 31.1 Å². The fourth-order valence-electron chi connectivity index (χ4n) is 2.84. The number of ether oxygens (including phenoxy) is 2. The number of anilines is 1. The second kappa shape index (κ2) is 11.2. The number of rotatable bonds is 7. The highest BCUT2D eigenvalue weighted by molar-refractivity contribution is 6.39. The van der Waals surface area contributed by atoms with Crippen LogP contribution in [0.15, 0.2) is 77.9 Å². The molecule has 3 aromatic carbocycles. The van der Waals surface area contributed by atoms with E-state index >= 15 is 0 Å². The molecule has 0 aliphatic heterocycles. The maximum Gasteiger partial charge on any atom is 0.337 e. The number of hydrogen-bond donors (Lipinski definition) is 2. The van der Waals surface area contributed by atoms with Crippen molar-refractivity contribution in [3.8, 4) is 5.75 Å². The zero-order valence-electron chi connectivity index (χ0n) is 18.2. The summed E-state index contributed by atoms with van der Waals surface area (Å²) in [5.74, 6) is -1.57. The highest BCUT2D eigenvalue weighted by Gasteiger charge is 2.13. The normalized spacial score (nSPS) is 10.5. The minimum atomic E-state index is -0.890. The summed E-state index contributed by atoms with van der Waals surface area (Å²) in [6.45, 7) is 2.09. The van der Waals surface area contributed by atoms with E-state index in [2.05, 4.69) is 20.6 Å². The molecular weight excluding hydrogens is 422 g/mol. The molecule has 0 heterocycles. The van der Waals surface area contributed by atoms with Crippen LogP contribution in [0.2, 0.25) is 0 Å². The molecule has 0 aliphatic carbocycles. The van der Waals surface area contributed by atoms with Gasteiger partial charge in [0.25, 0.3) is 0 Å². The van der Waals surface area contributed by atoms with Crippen LogP contribution >= 0.6 is 0 Å². The Morgan fingerprint density at radius 3 is 2.33 bits per heavy atom. The summed E-state index contributed by atoms with van der Waals surface area (Å²) in [5, 5.41) is 6.41. The molecule has 0 spiro atoms. The van der Waals surface area contributed by atoms with E-state index in [0.29, 0.717) is 22.6 Å². The molecule has 33 heavy (non-hydrogen) atoms. The van der Waals surface area contributed by atoms with Gasteiger partial charge in [-0.15, -0.1) is 0 Å². The molecule has 2 N–H and O–H groups in total. The van der Waals surface area contributed by atoms with E-state index in [9.17, 15) is 14.4 Å². The molecule has 0 atom stereocenters. The number of hydrogen-bond acceptors (Lipinski definition) is 6. The first-order valence-corrected chi connectivity index (χ1v) is 10.1. The fraction of sp³-hybridized carbons (Fsp3) is 0.120. The molecule has 0 bridgehead atoms. The Bertz CT molecular complexity index is 1170. The van der Waals surface area contributed by atoms with Crippen molar-refractivity contribution >= 4 is 29.7 Å². The Labute approximate surface area is 191 Å². The van der Waals surface area contributed by atoms with Gasteiger partial charge in [0, 0.05) is 11.3 Å². The minimum absolute atomic E-state index is 0.261. The summed E-state index contributed by atoms with van der Waals surface area (Å²) in [7, 11) is 1.33. The highest BCUT2D eigenvalue weighted by Crippen LogP contribution is 2.18. The Morgan fingerprint density at radius 2 is 1.61 bits per heavy atom. The van der Waals surface area contributed by atoms with E-state index in [1.165, 1.54) is 13.3 Å². The molecule has 3 rings (SSSR count). The van der Waals surface area contributed by atoms with Crippen LogP contribution in [0.1, 0.15) is 27.0 Å². The summed E-state index contributed by atoms with van der Waals surface area (Å²) in [6.07, 6.45) is 1.40. The molecule has 0 aromatic heterocycles. The quantitative estimate of drug-likeness (QED) is 0.251. The van der Waals surface area contributed by atoms with Gasteiger partial charge in [0.2, 0.25) is 0 Å². The number of esters is 1. The van der Waals surface area contributed by atoms with Gasteiger partial charge in [-0.2, -0.15) is 5.10 Å². The standard InChI is InChI=1S/C25H23N3O5/c1-17-7-3-5-9-21(17)27-23(29)24(30)28-26-15-20-8-4-6-10-22(20)33-16-18-11-13-19(14-12-18)25(31)32-2/h3-15H,16H2,1-2H3,(H,27,29)(H,28,30)/b26-15+. The second-order valence-electron chi connectivity index (χ2n) is 6.98. The molecule has 0 saturated carbocycles. The molecule has 3 aromatic rings. The van der Waals surface area contributed by atoms with Gasteiger partial charge < -0.3 is 14.8 Å². The lowest BCUT2D eigenvalue weighted by Crippen LogP contribution is -2.32. The van der Waals surface area contributed by atoms with Crippen molar-refractivity contribution in [2.24, 2.45) is 5.10 Å². The lowest BCUT2D eigenvalue weighted by atomic mass is 10.1. The first-order valence-electron chi connectivity index (χ1n) is 10.1. The molecule has 0 unspecified atom stereocenters. The molecule has 168 valence electrons. The number of para-hydroxylation sites is 2. The Morgan fingerprint density at radius 1 is 0.909 bits per heavy atom. The van der Waals surface area contributed by atoms with Crippen LogP contribution in [0.3, 0.4) is 0 Å².